The Morgan fingerprint density at radius 3 is 2.24 bits per heavy atom. The van der Waals surface area contributed by atoms with E-state index in [0.29, 0.717) is 6.42 Å². The van der Waals surface area contributed by atoms with Gasteiger partial charge in [0.25, 0.3) is 0 Å². The molecule has 0 saturated carbocycles. The Morgan fingerprint density at radius 2 is 1.62 bits per heavy atom. The minimum Gasteiger partial charge on any atom is -0.508 e. The molecule has 6 nitrogen and oxygen atoms in total. The number of aryl methyl sites for hydroxylation is 1. The molecule has 0 fully saturated rings. The summed E-state index contributed by atoms with van der Waals surface area (Å²) in [5.74, 6) is -0.682. The van der Waals surface area contributed by atoms with Crippen LogP contribution in [0.2, 0.25) is 0 Å². The summed E-state index contributed by atoms with van der Waals surface area (Å²) < 4.78 is 11.5. The smallest absolute Gasteiger partial charge is 0.356 e. The third-order valence-electron chi connectivity index (χ3n) is 3.08. The van der Waals surface area contributed by atoms with E-state index >= 15 is 0 Å². The Bertz CT molecular complexity index is 707. The normalized spacial score (nSPS) is 11.5. The zero-order valence-electron chi connectivity index (χ0n) is 11.0. The predicted octanol–water partition coefficient (Wildman–Crippen LogP) is 1.39. The van der Waals surface area contributed by atoms with Crippen molar-refractivity contribution in [1.82, 2.24) is 0 Å². The van der Waals surface area contributed by atoms with E-state index in [1.54, 1.807) is 12.1 Å². The molecule has 2 aromatic rings. The zero-order valence-corrected chi connectivity index (χ0v) is 11.9. The lowest BCUT2D eigenvalue weighted by Gasteiger charge is -2.13. The van der Waals surface area contributed by atoms with Gasteiger partial charge in [-0.05, 0) is 36.6 Å². The second kappa shape index (κ2) is 5.77. The number of aromatic hydroxyl groups is 3. The van der Waals surface area contributed by atoms with Gasteiger partial charge in [-0.3, -0.25) is 4.57 Å². The molecule has 0 saturated heterocycles. The first-order valence-corrected chi connectivity index (χ1v) is 7.77. The minimum absolute atomic E-state index is 0.0875. The molecule has 0 heterocycles. The van der Waals surface area contributed by atoms with Crippen LogP contribution in [0.1, 0.15) is 11.1 Å². The first-order chi connectivity index (χ1) is 9.77. The molecule has 0 unspecified atom stereocenters. The fourth-order valence-electron chi connectivity index (χ4n) is 2.12. The number of phenolic OH excluding ortho intramolecular Hbond substituents is 3. The molecule has 2 rings (SSSR count). The summed E-state index contributed by atoms with van der Waals surface area (Å²) in [5, 5.41) is 28.2. The summed E-state index contributed by atoms with van der Waals surface area (Å²) in [4.78, 5) is 18.6. The van der Waals surface area contributed by atoms with Crippen LogP contribution in [0.3, 0.4) is 0 Å². The van der Waals surface area contributed by atoms with E-state index in [1.165, 1.54) is 12.1 Å². The molecule has 5 N–H and O–H groups in total. The number of phenols is 3. The lowest BCUT2D eigenvalue weighted by Crippen LogP contribution is -2.12. The second-order valence-corrected chi connectivity index (χ2v) is 6.25. The molecule has 112 valence electrons. The molecule has 0 bridgehead atoms. The van der Waals surface area contributed by atoms with E-state index in [4.69, 9.17) is 0 Å². The van der Waals surface area contributed by atoms with Crippen LogP contribution in [0.4, 0.5) is 0 Å². The molecule has 0 aliphatic carbocycles. The summed E-state index contributed by atoms with van der Waals surface area (Å²) in [6, 6.07) is 8.46. The maximum Gasteiger partial charge on any atom is 0.356 e. The Hall–Kier alpha value is -2.01. The Labute approximate surface area is 121 Å². The van der Waals surface area contributed by atoms with Gasteiger partial charge in [-0.25, -0.2) is 0 Å². The van der Waals surface area contributed by atoms with Crippen molar-refractivity contribution in [2.75, 3.05) is 0 Å². The average molecular weight is 310 g/mol. The highest BCUT2D eigenvalue weighted by Crippen LogP contribution is 2.39. The molecule has 0 spiro atoms. The maximum absolute atomic E-state index is 11.5. The van der Waals surface area contributed by atoms with Crippen LogP contribution in [0.5, 0.6) is 17.2 Å². The van der Waals surface area contributed by atoms with Crippen molar-refractivity contribution >= 4 is 12.9 Å². The van der Waals surface area contributed by atoms with Crippen molar-refractivity contribution in [1.29, 1.82) is 0 Å². The summed E-state index contributed by atoms with van der Waals surface area (Å²) >= 11 is 0. The van der Waals surface area contributed by atoms with E-state index in [9.17, 15) is 29.7 Å². The lowest BCUT2D eigenvalue weighted by atomic mass is 10.0. The molecule has 0 atom stereocenters. The molecule has 0 aliphatic rings. The number of rotatable bonds is 4. The fraction of sp³-hybridized carbons (Fsp3) is 0.143. The molecular formula is C14H15O6P. The number of hydrogen-bond acceptors (Lipinski definition) is 4. The van der Waals surface area contributed by atoms with Crippen LogP contribution in [0.15, 0.2) is 36.4 Å². The van der Waals surface area contributed by atoms with Crippen molar-refractivity contribution in [3.8, 4) is 17.2 Å². The first-order valence-electron chi connectivity index (χ1n) is 6.16. The monoisotopic (exact) mass is 310 g/mol. The van der Waals surface area contributed by atoms with Gasteiger partial charge < -0.3 is 25.1 Å². The predicted molar refractivity (Wildman–Crippen MR) is 77.0 cm³/mol. The van der Waals surface area contributed by atoms with Crippen LogP contribution in [0.25, 0.3) is 0 Å². The van der Waals surface area contributed by atoms with E-state index in [-0.39, 0.29) is 28.8 Å². The van der Waals surface area contributed by atoms with E-state index < -0.39 is 13.3 Å². The van der Waals surface area contributed by atoms with Gasteiger partial charge in [0.1, 0.15) is 17.2 Å². The van der Waals surface area contributed by atoms with Gasteiger partial charge in [-0.2, -0.15) is 0 Å². The minimum atomic E-state index is -4.61. The van der Waals surface area contributed by atoms with Gasteiger partial charge in [-0.15, -0.1) is 0 Å². The Balaban J connectivity index is 2.33. The van der Waals surface area contributed by atoms with Gasteiger partial charge in [0, 0.05) is 11.6 Å². The topological polar surface area (TPSA) is 118 Å². The highest BCUT2D eigenvalue weighted by atomic mass is 31.2. The molecule has 0 amide bonds. The average Bonchev–Trinajstić information content (AvgIpc) is 2.36. The molecule has 2 aromatic carbocycles. The van der Waals surface area contributed by atoms with E-state index in [2.05, 4.69) is 0 Å². The van der Waals surface area contributed by atoms with Gasteiger partial charge in [0.05, 0.1) is 5.30 Å². The van der Waals surface area contributed by atoms with Crippen LogP contribution in [-0.2, 0) is 17.4 Å². The molecule has 0 aromatic heterocycles. The van der Waals surface area contributed by atoms with Gasteiger partial charge >= 0.3 is 7.60 Å². The number of hydrogen-bond donors (Lipinski definition) is 5. The van der Waals surface area contributed by atoms with E-state index in [0.717, 1.165) is 17.7 Å². The fourth-order valence-corrected chi connectivity index (χ4v) is 3.00. The summed E-state index contributed by atoms with van der Waals surface area (Å²) in [7, 11) is -4.61. The lowest BCUT2D eigenvalue weighted by molar-refractivity contribution is 0.385. The molecule has 21 heavy (non-hydrogen) atoms. The quantitative estimate of drug-likeness (QED) is 0.545. The highest BCUT2D eigenvalue weighted by Gasteiger charge is 2.24. The van der Waals surface area contributed by atoms with Crippen LogP contribution in [-0.4, -0.2) is 25.1 Å². The Kier molecular flexibility index (Phi) is 4.23. The van der Waals surface area contributed by atoms with Crippen LogP contribution < -0.4 is 5.30 Å². The molecule has 0 aliphatic heterocycles. The van der Waals surface area contributed by atoms with Crippen molar-refractivity contribution in [2.24, 2.45) is 0 Å². The third-order valence-corrected chi connectivity index (χ3v) is 4.10. The van der Waals surface area contributed by atoms with Gasteiger partial charge in [0.2, 0.25) is 0 Å². The van der Waals surface area contributed by atoms with Gasteiger partial charge in [-0.1, -0.05) is 12.1 Å². The number of benzene rings is 2. The highest BCUT2D eigenvalue weighted by molar-refractivity contribution is 7.60. The largest absolute Gasteiger partial charge is 0.508 e. The summed E-state index contributed by atoms with van der Waals surface area (Å²) in [5.41, 5.74) is 0.851. The summed E-state index contributed by atoms with van der Waals surface area (Å²) in [6.45, 7) is 0. The van der Waals surface area contributed by atoms with Gasteiger partial charge in [0.15, 0.2) is 0 Å². The standard InChI is InChI=1S/C14H15O6P/c15-10-3-1-2-9(6-10)4-5-12-13(17)7-11(16)8-14(12)21(18,19)20/h1-3,6-8,15-17H,4-5H2,(H2,18,19,20). The van der Waals surface area contributed by atoms with Crippen molar-refractivity contribution in [2.45, 2.75) is 12.8 Å². The molecule has 7 heteroatoms. The molecular weight excluding hydrogens is 295 g/mol. The summed E-state index contributed by atoms with van der Waals surface area (Å²) in [6.07, 6.45) is 0.537. The Morgan fingerprint density at radius 1 is 0.905 bits per heavy atom. The van der Waals surface area contributed by atoms with Crippen molar-refractivity contribution < 1.29 is 29.7 Å². The second-order valence-electron chi connectivity index (χ2n) is 4.68. The van der Waals surface area contributed by atoms with Crippen LogP contribution in [0, 0.1) is 0 Å². The third kappa shape index (κ3) is 3.76. The molecule has 0 radical (unpaired) electrons. The van der Waals surface area contributed by atoms with Crippen molar-refractivity contribution in [3.63, 3.8) is 0 Å². The van der Waals surface area contributed by atoms with E-state index in [1.807, 2.05) is 0 Å². The SMILES string of the molecule is O=P(O)(O)c1cc(O)cc(O)c1CCc1cccc(O)c1. The maximum atomic E-state index is 11.5. The zero-order chi connectivity index (χ0) is 15.6. The van der Waals surface area contributed by atoms with Crippen molar-refractivity contribution in [3.05, 3.63) is 47.5 Å². The van der Waals surface area contributed by atoms with Crippen LogP contribution >= 0.6 is 7.60 Å². The first kappa shape index (κ1) is 15.4.